The Balaban J connectivity index is 2.23. The van der Waals surface area contributed by atoms with E-state index in [2.05, 4.69) is 4.98 Å². The molecule has 0 spiro atoms. The molecule has 0 aliphatic heterocycles. The van der Waals surface area contributed by atoms with Crippen molar-refractivity contribution in [3.63, 3.8) is 0 Å². The van der Waals surface area contributed by atoms with E-state index in [1.165, 1.54) is 4.57 Å². The molecule has 1 unspecified atom stereocenters. The topological polar surface area (TPSA) is 54.9 Å². The summed E-state index contributed by atoms with van der Waals surface area (Å²) in [6.07, 6.45) is 2.13. The Hall–Kier alpha value is -1.81. The van der Waals surface area contributed by atoms with Gasteiger partial charge in [-0.05, 0) is 31.2 Å². The van der Waals surface area contributed by atoms with Crippen molar-refractivity contribution in [1.82, 2.24) is 9.55 Å². The van der Waals surface area contributed by atoms with Crippen LogP contribution in [0.2, 0.25) is 5.15 Å². The first kappa shape index (κ1) is 13.2. The lowest BCUT2D eigenvalue weighted by atomic mass is 10.1. The molecule has 5 heteroatoms. The predicted molar refractivity (Wildman–Crippen MR) is 79.2 cm³/mol. The second-order valence-electron chi connectivity index (χ2n) is 5.24. The second kappa shape index (κ2) is 4.94. The van der Waals surface area contributed by atoms with Gasteiger partial charge in [0.15, 0.2) is 0 Å². The van der Waals surface area contributed by atoms with Gasteiger partial charge in [0.2, 0.25) is 0 Å². The Labute approximate surface area is 121 Å². The molecule has 3 rings (SSSR count). The van der Waals surface area contributed by atoms with Crippen molar-refractivity contribution < 1.29 is 0 Å². The van der Waals surface area contributed by atoms with Crippen LogP contribution in [0.5, 0.6) is 0 Å². The fourth-order valence-electron chi connectivity index (χ4n) is 2.54. The highest BCUT2D eigenvalue weighted by Crippen LogP contribution is 2.38. The van der Waals surface area contributed by atoms with E-state index in [0.717, 1.165) is 18.4 Å². The molecule has 4 nitrogen and oxygen atoms in total. The first-order valence-electron chi connectivity index (χ1n) is 6.69. The highest BCUT2D eigenvalue weighted by Gasteiger charge is 2.31. The maximum Gasteiger partial charge on any atom is 0.329 e. The normalized spacial score (nSPS) is 16.1. The van der Waals surface area contributed by atoms with Crippen molar-refractivity contribution in [3.8, 4) is 11.1 Å². The summed E-state index contributed by atoms with van der Waals surface area (Å²) in [5.41, 5.74) is 0.332. The molecule has 1 aromatic carbocycles. The number of hydrogen-bond acceptors (Lipinski definition) is 2. The van der Waals surface area contributed by atoms with Gasteiger partial charge in [-0.2, -0.15) is 0 Å². The van der Waals surface area contributed by atoms with Crippen LogP contribution in [0.15, 0.2) is 39.9 Å². The van der Waals surface area contributed by atoms with Crippen LogP contribution in [0.25, 0.3) is 11.1 Å². The minimum atomic E-state index is -0.431. The summed E-state index contributed by atoms with van der Waals surface area (Å²) in [5, 5.41) is 0.102. The van der Waals surface area contributed by atoms with E-state index in [-0.39, 0.29) is 16.8 Å². The van der Waals surface area contributed by atoms with E-state index in [0.29, 0.717) is 11.5 Å². The van der Waals surface area contributed by atoms with Crippen LogP contribution in [0.3, 0.4) is 0 Å². The fraction of sp³-hybridized carbons (Fsp3) is 0.333. The van der Waals surface area contributed by atoms with Gasteiger partial charge in [0, 0.05) is 6.04 Å². The first-order valence-corrected chi connectivity index (χ1v) is 7.07. The third-order valence-electron chi connectivity index (χ3n) is 3.86. The summed E-state index contributed by atoms with van der Waals surface area (Å²) >= 11 is 6.07. The molecule has 1 heterocycles. The van der Waals surface area contributed by atoms with Gasteiger partial charge in [0.05, 0.1) is 5.56 Å². The van der Waals surface area contributed by atoms with Gasteiger partial charge in [0.25, 0.3) is 5.56 Å². The molecule has 1 aliphatic rings. The van der Waals surface area contributed by atoms with Gasteiger partial charge in [-0.25, -0.2) is 4.79 Å². The van der Waals surface area contributed by atoms with E-state index in [1.807, 2.05) is 37.3 Å². The van der Waals surface area contributed by atoms with Gasteiger partial charge in [-0.15, -0.1) is 0 Å². The van der Waals surface area contributed by atoms with Gasteiger partial charge < -0.3 is 0 Å². The standard InChI is InChI=1S/C15H15ClN2O2/c1-9(10-7-8-10)18-14(19)12(13(16)17-15(18)20)11-5-3-2-4-6-11/h2-6,9-10H,7-8H2,1H3,(H,17,20). The van der Waals surface area contributed by atoms with Gasteiger partial charge >= 0.3 is 5.69 Å². The number of rotatable bonds is 3. The number of hydrogen-bond donors (Lipinski definition) is 1. The van der Waals surface area contributed by atoms with Gasteiger partial charge in [-0.1, -0.05) is 41.9 Å². The number of nitrogens with one attached hydrogen (secondary N) is 1. The van der Waals surface area contributed by atoms with Crippen LogP contribution in [0, 0.1) is 5.92 Å². The van der Waals surface area contributed by atoms with Crippen molar-refractivity contribution in [1.29, 1.82) is 0 Å². The number of nitrogens with zero attached hydrogens (tertiary/aromatic N) is 1. The van der Waals surface area contributed by atoms with Crippen LogP contribution < -0.4 is 11.2 Å². The Bertz CT molecular complexity index is 745. The summed E-state index contributed by atoms with van der Waals surface area (Å²) in [4.78, 5) is 27.3. The van der Waals surface area contributed by atoms with Crippen molar-refractivity contribution in [3.05, 3.63) is 56.3 Å². The average Bonchev–Trinajstić information content (AvgIpc) is 3.23. The molecular formula is C15H15ClN2O2. The number of benzene rings is 1. The maximum atomic E-state index is 12.6. The third kappa shape index (κ3) is 2.20. The molecule has 0 amide bonds. The Kier molecular flexibility index (Phi) is 3.26. The first-order chi connectivity index (χ1) is 9.59. The molecule has 20 heavy (non-hydrogen) atoms. The van der Waals surface area contributed by atoms with E-state index < -0.39 is 5.69 Å². The monoisotopic (exact) mass is 290 g/mol. The van der Waals surface area contributed by atoms with Crippen LogP contribution in [0.4, 0.5) is 0 Å². The van der Waals surface area contributed by atoms with Crippen molar-refractivity contribution in [2.45, 2.75) is 25.8 Å². The smallest absolute Gasteiger partial charge is 0.297 e. The highest BCUT2D eigenvalue weighted by molar-refractivity contribution is 6.32. The quantitative estimate of drug-likeness (QED) is 0.884. The molecule has 1 aliphatic carbocycles. The van der Waals surface area contributed by atoms with Crippen LogP contribution in [-0.2, 0) is 0 Å². The molecule has 2 aromatic rings. The maximum absolute atomic E-state index is 12.6. The molecule has 1 atom stereocenters. The second-order valence-corrected chi connectivity index (χ2v) is 5.62. The Morgan fingerprint density at radius 2 is 1.90 bits per heavy atom. The van der Waals surface area contributed by atoms with Crippen molar-refractivity contribution in [2.75, 3.05) is 0 Å². The third-order valence-corrected chi connectivity index (χ3v) is 4.15. The largest absolute Gasteiger partial charge is 0.329 e. The SMILES string of the molecule is CC(C1CC1)n1c(=O)[nH]c(Cl)c(-c2ccccc2)c1=O. The zero-order valence-corrected chi connectivity index (χ0v) is 11.9. The molecule has 0 radical (unpaired) electrons. The minimum Gasteiger partial charge on any atom is -0.297 e. The number of aromatic nitrogens is 2. The lowest BCUT2D eigenvalue weighted by Gasteiger charge is -2.15. The van der Waals surface area contributed by atoms with E-state index in [9.17, 15) is 9.59 Å². The molecule has 1 fully saturated rings. The van der Waals surface area contributed by atoms with Gasteiger partial charge in [0.1, 0.15) is 5.15 Å². The molecule has 1 N–H and O–H groups in total. The summed E-state index contributed by atoms with van der Waals surface area (Å²) in [5.74, 6) is 0.415. The molecular weight excluding hydrogens is 276 g/mol. The fourth-order valence-corrected chi connectivity index (χ4v) is 2.81. The Morgan fingerprint density at radius 3 is 2.50 bits per heavy atom. The van der Waals surface area contributed by atoms with Crippen molar-refractivity contribution >= 4 is 11.6 Å². The Morgan fingerprint density at radius 1 is 1.25 bits per heavy atom. The molecule has 1 saturated carbocycles. The predicted octanol–water partition coefficient (Wildman–Crippen LogP) is 2.83. The minimum absolute atomic E-state index is 0.0917. The summed E-state index contributed by atoms with van der Waals surface area (Å²) in [6, 6.07) is 9.08. The molecule has 0 saturated heterocycles. The van der Waals surface area contributed by atoms with Crippen LogP contribution in [-0.4, -0.2) is 9.55 Å². The van der Waals surface area contributed by atoms with Crippen molar-refractivity contribution in [2.24, 2.45) is 5.92 Å². The zero-order valence-electron chi connectivity index (χ0n) is 11.1. The number of halogens is 1. The van der Waals surface area contributed by atoms with E-state index >= 15 is 0 Å². The molecule has 0 bridgehead atoms. The average molecular weight is 291 g/mol. The summed E-state index contributed by atoms with van der Waals surface area (Å²) < 4.78 is 1.30. The highest BCUT2D eigenvalue weighted by atomic mass is 35.5. The van der Waals surface area contributed by atoms with Crippen LogP contribution in [0.1, 0.15) is 25.8 Å². The van der Waals surface area contributed by atoms with E-state index in [1.54, 1.807) is 0 Å². The van der Waals surface area contributed by atoms with Crippen LogP contribution >= 0.6 is 11.6 Å². The lowest BCUT2D eigenvalue weighted by molar-refractivity contribution is 0.452. The summed E-state index contributed by atoms with van der Waals surface area (Å²) in [7, 11) is 0. The van der Waals surface area contributed by atoms with E-state index in [4.69, 9.17) is 11.6 Å². The molecule has 1 aromatic heterocycles. The lowest BCUT2D eigenvalue weighted by Crippen LogP contribution is -2.38. The number of aromatic amines is 1. The van der Waals surface area contributed by atoms with Gasteiger partial charge in [-0.3, -0.25) is 14.3 Å². The summed E-state index contributed by atoms with van der Waals surface area (Å²) in [6.45, 7) is 1.91. The molecule has 104 valence electrons. The zero-order chi connectivity index (χ0) is 14.3. The number of H-pyrrole nitrogens is 1.